The molecule has 0 saturated carbocycles. The fraction of sp³-hybridized carbons (Fsp3) is 0.588. The van der Waals surface area contributed by atoms with Gasteiger partial charge in [0.05, 0.1) is 11.3 Å². The van der Waals surface area contributed by atoms with Gasteiger partial charge in [0, 0.05) is 13.1 Å². The Hall–Kier alpha value is -1.25. The minimum absolute atomic E-state index is 0. The van der Waals surface area contributed by atoms with Crippen LogP contribution in [0, 0.1) is 5.92 Å². The van der Waals surface area contributed by atoms with Crippen molar-refractivity contribution in [3.8, 4) is 0 Å². The third kappa shape index (κ3) is 5.89. The molecule has 9 heteroatoms. The molecule has 1 saturated heterocycles. The first-order chi connectivity index (χ1) is 11.8. The topological polar surface area (TPSA) is 66.5 Å². The second-order valence-corrected chi connectivity index (χ2v) is 8.26. The highest BCUT2D eigenvalue weighted by Gasteiger charge is 2.26. The molecule has 0 bridgehead atoms. The summed E-state index contributed by atoms with van der Waals surface area (Å²) in [6, 6.07) is 5.11. The second-order valence-electron chi connectivity index (χ2n) is 6.34. The van der Waals surface area contributed by atoms with Crippen molar-refractivity contribution < 1.29 is 22.0 Å². The Morgan fingerprint density at radius 1 is 1.23 bits per heavy atom. The van der Waals surface area contributed by atoms with Gasteiger partial charge in [0.1, 0.15) is 0 Å². The molecule has 1 N–H and O–H groups in total. The number of likely N-dealkylation sites (tertiary alicyclic amines) is 1. The molecule has 1 aliphatic rings. The van der Waals surface area contributed by atoms with Gasteiger partial charge in [0.25, 0.3) is 0 Å². The number of carbonyl (C=O) groups excluding carboxylic acids is 1. The minimum Gasteiger partial charge on any atom is -0.342 e. The summed E-state index contributed by atoms with van der Waals surface area (Å²) < 4.78 is 47.8. The lowest BCUT2D eigenvalue weighted by molar-refractivity contribution is -0.131. The first kappa shape index (κ1) is 22.8. The molecule has 1 fully saturated rings. The molecular formula is C17H25ClF2N2O3S. The molecule has 0 aliphatic carbocycles. The molecule has 1 heterocycles. The monoisotopic (exact) mass is 410 g/mol. The SMILES string of the molecule is CNCCC1CCN(C(=O)Cc2ccc(S(=O)(=O)C(F)F)cc2)CC1.Cl. The highest BCUT2D eigenvalue weighted by molar-refractivity contribution is 7.91. The Morgan fingerprint density at radius 3 is 2.31 bits per heavy atom. The van der Waals surface area contributed by atoms with E-state index >= 15 is 0 Å². The second kappa shape index (κ2) is 10.2. The van der Waals surface area contributed by atoms with Gasteiger partial charge in [-0.15, -0.1) is 12.4 Å². The Morgan fingerprint density at radius 2 is 1.81 bits per heavy atom. The zero-order valence-electron chi connectivity index (χ0n) is 14.7. The lowest BCUT2D eigenvalue weighted by atomic mass is 9.93. The summed E-state index contributed by atoms with van der Waals surface area (Å²) in [5, 5.41) is 3.13. The van der Waals surface area contributed by atoms with Crippen LogP contribution in [0.3, 0.4) is 0 Å². The normalized spacial score (nSPS) is 15.8. The van der Waals surface area contributed by atoms with Gasteiger partial charge in [-0.1, -0.05) is 12.1 Å². The number of alkyl halides is 2. The van der Waals surface area contributed by atoms with Gasteiger partial charge in [-0.2, -0.15) is 8.78 Å². The lowest BCUT2D eigenvalue weighted by Gasteiger charge is -2.32. The van der Waals surface area contributed by atoms with Crippen LogP contribution in [0.1, 0.15) is 24.8 Å². The van der Waals surface area contributed by atoms with E-state index in [0.717, 1.165) is 51.0 Å². The molecule has 0 spiro atoms. The largest absolute Gasteiger partial charge is 0.342 e. The van der Waals surface area contributed by atoms with E-state index in [4.69, 9.17) is 0 Å². The molecule has 1 aromatic carbocycles. The van der Waals surface area contributed by atoms with Crippen LogP contribution in [0.2, 0.25) is 0 Å². The Bertz CT molecular complexity index is 676. The molecule has 0 radical (unpaired) electrons. The standard InChI is InChI=1S/C17H24F2N2O3S.ClH/c1-20-9-6-13-7-10-21(11-8-13)16(22)12-14-2-4-15(5-3-14)25(23,24)17(18)19;/h2-5,13,17,20H,6-12H2,1H3;1H. The van der Waals surface area contributed by atoms with Gasteiger partial charge in [-0.3, -0.25) is 4.79 Å². The number of benzene rings is 1. The van der Waals surface area contributed by atoms with E-state index in [1.54, 1.807) is 0 Å². The average Bonchev–Trinajstić information content (AvgIpc) is 2.60. The van der Waals surface area contributed by atoms with Gasteiger partial charge in [-0.05, 0) is 56.5 Å². The van der Waals surface area contributed by atoms with Crippen molar-refractivity contribution in [1.29, 1.82) is 0 Å². The summed E-state index contributed by atoms with van der Waals surface area (Å²) in [7, 11) is -2.66. The minimum atomic E-state index is -4.59. The van der Waals surface area contributed by atoms with Crippen LogP contribution in [-0.4, -0.2) is 51.7 Å². The predicted molar refractivity (Wildman–Crippen MR) is 98.4 cm³/mol. The zero-order chi connectivity index (χ0) is 18.4. The number of hydrogen-bond acceptors (Lipinski definition) is 4. The molecule has 0 aromatic heterocycles. The maximum absolute atomic E-state index is 12.5. The number of rotatable bonds is 7. The van der Waals surface area contributed by atoms with E-state index in [9.17, 15) is 22.0 Å². The van der Waals surface area contributed by atoms with E-state index in [1.165, 1.54) is 12.1 Å². The number of amides is 1. The number of piperidine rings is 1. The summed E-state index contributed by atoms with van der Waals surface area (Å²) in [6.45, 7) is 2.43. The van der Waals surface area contributed by atoms with Crippen LogP contribution in [-0.2, 0) is 21.1 Å². The number of nitrogens with one attached hydrogen (secondary N) is 1. The van der Waals surface area contributed by atoms with E-state index in [-0.39, 0.29) is 24.7 Å². The van der Waals surface area contributed by atoms with Crippen LogP contribution >= 0.6 is 12.4 Å². The molecule has 0 atom stereocenters. The highest BCUT2D eigenvalue weighted by Crippen LogP contribution is 2.22. The fourth-order valence-electron chi connectivity index (χ4n) is 3.01. The quantitative estimate of drug-likeness (QED) is 0.750. The Balaban J connectivity index is 0.00000338. The fourth-order valence-corrected chi connectivity index (χ4v) is 3.73. The Labute approximate surface area is 159 Å². The van der Waals surface area contributed by atoms with Crippen molar-refractivity contribution in [3.63, 3.8) is 0 Å². The number of sulfone groups is 1. The first-order valence-corrected chi connectivity index (χ1v) is 9.92. The van der Waals surface area contributed by atoms with Crippen molar-refractivity contribution in [1.82, 2.24) is 10.2 Å². The lowest BCUT2D eigenvalue weighted by Crippen LogP contribution is -2.39. The molecule has 26 heavy (non-hydrogen) atoms. The zero-order valence-corrected chi connectivity index (χ0v) is 16.3. The maximum atomic E-state index is 12.5. The van der Waals surface area contributed by atoms with E-state index in [1.807, 2.05) is 11.9 Å². The highest BCUT2D eigenvalue weighted by atomic mass is 35.5. The van der Waals surface area contributed by atoms with Crippen molar-refractivity contribution in [2.45, 2.75) is 36.3 Å². The molecule has 2 rings (SSSR count). The first-order valence-electron chi connectivity index (χ1n) is 8.38. The summed E-state index contributed by atoms with van der Waals surface area (Å²) in [5.74, 6) is -2.82. The predicted octanol–water partition coefficient (Wildman–Crippen LogP) is 2.50. The van der Waals surface area contributed by atoms with Crippen LogP contribution in [0.15, 0.2) is 29.2 Å². The summed E-state index contributed by atoms with van der Waals surface area (Å²) in [5.41, 5.74) is 0.621. The van der Waals surface area contributed by atoms with Crippen LogP contribution in [0.5, 0.6) is 0 Å². The molecule has 5 nitrogen and oxygen atoms in total. The third-order valence-electron chi connectivity index (χ3n) is 4.61. The maximum Gasteiger partial charge on any atom is 0.341 e. The van der Waals surface area contributed by atoms with Gasteiger partial charge < -0.3 is 10.2 Å². The molecule has 1 aromatic rings. The van der Waals surface area contributed by atoms with Crippen molar-refractivity contribution >= 4 is 28.2 Å². The molecule has 148 valence electrons. The number of carbonyl (C=O) groups is 1. The van der Waals surface area contributed by atoms with Gasteiger partial charge in [0.2, 0.25) is 15.7 Å². The average molecular weight is 411 g/mol. The number of halogens is 3. The van der Waals surface area contributed by atoms with E-state index < -0.39 is 20.5 Å². The third-order valence-corrected chi connectivity index (χ3v) is 6.01. The smallest absolute Gasteiger partial charge is 0.341 e. The molecule has 0 unspecified atom stereocenters. The van der Waals surface area contributed by atoms with Gasteiger partial charge in [0.15, 0.2) is 0 Å². The molecular weight excluding hydrogens is 386 g/mol. The van der Waals surface area contributed by atoms with Crippen LogP contribution in [0.25, 0.3) is 0 Å². The van der Waals surface area contributed by atoms with E-state index in [2.05, 4.69) is 5.32 Å². The van der Waals surface area contributed by atoms with Crippen molar-refractivity contribution in [3.05, 3.63) is 29.8 Å². The van der Waals surface area contributed by atoms with Crippen molar-refractivity contribution in [2.24, 2.45) is 5.92 Å². The number of nitrogens with zero attached hydrogens (tertiary/aromatic N) is 1. The molecule has 1 aliphatic heterocycles. The summed E-state index contributed by atoms with van der Waals surface area (Å²) in [6.07, 6.45) is 3.23. The van der Waals surface area contributed by atoms with Crippen LogP contribution in [0.4, 0.5) is 8.78 Å². The van der Waals surface area contributed by atoms with Gasteiger partial charge in [-0.25, -0.2) is 8.42 Å². The summed E-state index contributed by atoms with van der Waals surface area (Å²) >= 11 is 0. The molecule has 1 amide bonds. The van der Waals surface area contributed by atoms with E-state index in [0.29, 0.717) is 11.5 Å². The number of hydrogen-bond donors (Lipinski definition) is 1. The Kier molecular flexibility index (Phi) is 8.92. The van der Waals surface area contributed by atoms with Crippen molar-refractivity contribution in [2.75, 3.05) is 26.7 Å². The van der Waals surface area contributed by atoms with Gasteiger partial charge >= 0.3 is 5.76 Å². The van der Waals surface area contributed by atoms with Crippen LogP contribution < -0.4 is 5.32 Å². The summed E-state index contributed by atoms with van der Waals surface area (Å²) in [4.78, 5) is 13.7.